The number of carbonyl (C=O) groups is 1. The first-order valence-electron chi connectivity index (χ1n) is 8.41. The van der Waals surface area contributed by atoms with Gasteiger partial charge < -0.3 is 5.32 Å². The Bertz CT molecular complexity index is 641. The SMILES string of the molecule is CC(C)Cc1ccc(-c2cccc(CNC(=O)C(C)C)c2)cc1. The summed E-state index contributed by atoms with van der Waals surface area (Å²) in [6, 6.07) is 17.2. The number of hydrogen-bond acceptors (Lipinski definition) is 1. The second kappa shape index (κ2) is 7.96. The average Bonchev–Trinajstić information content (AvgIpc) is 2.53. The summed E-state index contributed by atoms with van der Waals surface area (Å²) >= 11 is 0. The van der Waals surface area contributed by atoms with Crippen molar-refractivity contribution in [1.29, 1.82) is 0 Å². The Hall–Kier alpha value is -2.09. The molecule has 1 N–H and O–H groups in total. The van der Waals surface area contributed by atoms with E-state index in [9.17, 15) is 4.79 Å². The number of hydrogen-bond donors (Lipinski definition) is 1. The molecule has 2 heteroatoms. The van der Waals surface area contributed by atoms with Gasteiger partial charge in [0.05, 0.1) is 0 Å². The predicted molar refractivity (Wildman–Crippen MR) is 97.1 cm³/mol. The minimum atomic E-state index is 0.0201. The van der Waals surface area contributed by atoms with E-state index < -0.39 is 0 Å². The van der Waals surface area contributed by atoms with Gasteiger partial charge in [-0.2, -0.15) is 0 Å². The van der Waals surface area contributed by atoms with Gasteiger partial charge in [-0.1, -0.05) is 70.2 Å². The van der Waals surface area contributed by atoms with Crippen molar-refractivity contribution >= 4 is 5.91 Å². The van der Waals surface area contributed by atoms with Crippen LogP contribution in [0.1, 0.15) is 38.8 Å². The first-order valence-corrected chi connectivity index (χ1v) is 8.41. The molecule has 0 aliphatic heterocycles. The molecule has 0 unspecified atom stereocenters. The van der Waals surface area contributed by atoms with Crippen molar-refractivity contribution < 1.29 is 4.79 Å². The van der Waals surface area contributed by atoms with E-state index in [-0.39, 0.29) is 11.8 Å². The highest BCUT2D eigenvalue weighted by atomic mass is 16.1. The highest BCUT2D eigenvalue weighted by molar-refractivity contribution is 5.77. The third-order valence-corrected chi connectivity index (χ3v) is 3.85. The van der Waals surface area contributed by atoms with Gasteiger partial charge in [0.15, 0.2) is 0 Å². The topological polar surface area (TPSA) is 29.1 Å². The molecule has 0 fully saturated rings. The Morgan fingerprint density at radius 1 is 0.913 bits per heavy atom. The lowest BCUT2D eigenvalue weighted by molar-refractivity contribution is -0.124. The van der Waals surface area contributed by atoms with Crippen LogP contribution in [0.15, 0.2) is 48.5 Å². The van der Waals surface area contributed by atoms with Gasteiger partial charge in [-0.25, -0.2) is 0 Å². The number of rotatable bonds is 6. The molecule has 0 spiro atoms. The van der Waals surface area contributed by atoms with E-state index in [4.69, 9.17) is 0 Å². The van der Waals surface area contributed by atoms with E-state index in [1.54, 1.807) is 0 Å². The van der Waals surface area contributed by atoms with Crippen LogP contribution < -0.4 is 5.32 Å². The lowest BCUT2D eigenvalue weighted by Crippen LogP contribution is -2.27. The van der Waals surface area contributed by atoms with Crippen molar-refractivity contribution in [1.82, 2.24) is 5.32 Å². The lowest BCUT2D eigenvalue weighted by Gasteiger charge is -2.10. The summed E-state index contributed by atoms with van der Waals surface area (Å²) in [5, 5.41) is 2.97. The van der Waals surface area contributed by atoms with Crippen molar-refractivity contribution in [3.63, 3.8) is 0 Å². The van der Waals surface area contributed by atoms with E-state index in [0.717, 1.165) is 12.0 Å². The molecule has 2 aromatic rings. The van der Waals surface area contributed by atoms with Gasteiger partial charge in [-0.05, 0) is 40.7 Å². The maximum Gasteiger partial charge on any atom is 0.222 e. The van der Waals surface area contributed by atoms with Crippen molar-refractivity contribution in [2.75, 3.05) is 0 Å². The van der Waals surface area contributed by atoms with Crippen LogP contribution in [0.3, 0.4) is 0 Å². The Morgan fingerprint density at radius 3 is 2.22 bits per heavy atom. The van der Waals surface area contributed by atoms with Crippen LogP contribution in [-0.4, -0.2) is 5.91 Å². The molecule has 0 aliphatic rings. The molecule has 0 saturated carbocycles. The molecule has 0 radical (unpaired) electrons. The Balaban J connectivity index is 2.08. The monoisotopic (exact) mass is 309 g/mol. The molecular weight excluding hydrogens is 282 g/mol. The number of nitrogens with one attached hydrogen (secondary N) is 1. The molecule has 1 amide bonds. The van der Waals surface area contributed by atoms with E-state index >= 15 is 0 Å². The molecule has 0 heterocycles. The van der Waals surface area contributed by atoms with Crippen molar-refractivity contribution in [2.24, 2.45) is 11.8 Å². The fraction of sp³-hybridized carbons (Fsp3) is 0.381. The summed E-state index contributed by atoms with van der Waals surface area (Å²) in [5.41, 5.74) is 4.92. The number of amides is 1. The molecule has 0 atom stereocenters. The van der Waals surface area contributed by atoms with Crippen molar-refractivity contribution in [3.8, 4) is 11.1 Å². The predicted octanol–water partition coefficient (Wildman–Crippen LogP) is 4.82. The van der Waals surface area contributed by atoms with Crippen LogP contribution in [0.4, 0.5) is 0 Å². The molecule has 23 heavy (non-hydrogen) atoms. The molecule has 0 saturated heterocycles. The number of carbonyl (C=O) groups excluding carboxylic acids is 1. The maximum absolute atomic E-state index is 11.7. The van der Waals surface area contributed by atoms with Crippen LogP contribution in [0.2, 0.25) is 0 Å². The Labute approximate surface area is 139 Å². The Kier molecular flexibility index (Phi) is 5.97. The lowest BCUT2D eigenvalue weighted by atomic mass is 9.98. The zero-order valence-electron chi connectivity index (χ0n) is 14.6. The molecule has 0 bridgehead atoms. The number of benzene rings is 2. The van der Waals surface area contributed by atoms with Crippen molar-refractivity contribution in [3.05, 3.63) is 59.7 Å². The normalized spacial score (nSPS) is 11.0. The maximum atomic E-state index is 11.7. The second-order valence-electron chi connectivity index (χ2n) is 6.87. The van der Waals surface area contributed by atoms with E-state index in [2.05, 4.69) is 61.6 Å². The fourth-order valence-electron chi connectivity index (χ4n) is 2.56. The van der Waals surface area contributed by atoms with Crippen LogP contribution >= 0.6 is 0 Å². The van der Waals surface area contributed by atoms with Crippen LogP contribution in [0.25, 0.3) is 11.1 Å². The van der Waals surface area contributed by atoms with Crippen LogP contribution in [-0.2, 0) is 17.8 Å². The zero-order valence-corrected chi connectivity index (χ0v) is 14.6. The third kappa shape index (κ3) is 5.24. The highest BCUT2D eigenvalue weighted by Crippen LogP contribution is 2.22. The van der Waals surface area contributed by atoms with Gasteiger partial charge >= 0.3 is 0 Å². The quantitative estimate of drug-likeness (QED) is 0.814. The summed E-state index contributed by atoms with van der Waals surface area (Å²) in [5.74, 6) is 0.786. The van der Waals surface area contributed by atoms with Gasteiger partial charge in [-0.3, -0.25) is 4.79 Å². The molecule has 0 aromatic heterocycles. The highest BCUT2D eigenvalue weighted by Gasteiger charge is 2.06. The van der Waals surface area contributed by atoms with E-state index in [0.29, 0.717) is 12.5 Å². The third-order valence-electron chi connectivity index (χ3n) is 3.85. The van der Waals surface area contributed by atoms with Gasteiger partial charge in [0.25, 0.3) is 0 Å². The molecule has 122 valence electrons. The van der Waals surface area contributed by atoms with E-state index in [1.165, 1.54) is 16.7 Å². The first-order chi connectivity index (χ1) is 11.0. The summed E-state index contributed by atoms with van der Waals surface area (Å²) < 4.78 is 0. The largest absolute Gasteiger partial charge is 0.352 e. The van der Waals surface area contributed by atoms with Gasteiger partial charge in [0.2, 0.25) is 5.91 Å². The zero-order chi connectivity index (χ0) is 16.8. The van der Waals surface area contributed by atoms with Crippen molar-refractivity contribution in [2.45, 2.75) is 40.7 Å². The summed E-state index contributed by atoms with van der Waals surface area (Å²) in [7, 11) is 0. The van der Waals surface area contributed by atoms with Gasteiger partial charge in [0.1, 0.15) is 0 Å². The molecule has 0 aliphatic carbocycles. The van der Waals surface area contributed by atoms with Gasteiger partial charge in [0, 0.05) is 12.5 Å². The molecular formula is C21H27NO. The van der Waals surface area contributed by atoms with Gasteiger partial charge in [-0.15, -0.1) is 0 Å². The first kappa shape index (κ1) is 17.3. The smallest absolute Gasteiger partial charge is 0.222 e. The fourth-order valence-corrected chi connectivity index (χ4v) is 2.56. The summed E-state index contributed by atoms with van der Waals surface area (Å²) in [6.45, 7) is 8.87. The minimum Gasteiger partial charge on any atom is -0.352 e. The Morgan fingerprint density at radius 2 is 1.61 bits per heavy atom. The summed E-state index contributed by atoms with van der Waals surface area (Å²) in [6.07, 6.45) is 1.11. The molecule has 2 aromatic carbocycles. The molecule has 2 rings (SSSR count). The van der Waals surface area contributed by atoms with Crippen LogP contribution in [0.5, 0.6) is 0 Å². The second-order valence-corrected chi connectivity index (χ2v) is 6.87. The molecule has 2 nitrogen and oxygen atoms in total. The average molecular weight is 309 g/mol. The standard InChI is InChI=1S/C21H27NO/c1-15(2)12-17-8-10-19(11-9-17)20-7-5-6-18(13-20)14-22-21(23)16(3)4/h5-11,13,15-16H,12,14H2,1-4H3,(H,22,23). The minimum absolute atomic E-state index is 0.0201. The summed E-state index contributed by atoms with van der Waals surface area (Å²) in [4.78, 5) is 11.7. The van der Waals surface area contributed by atoms with E-state index in [1.807, 2.05) is 19.9 Å². The van der Waals surface area contributed by atoms with Crippen LogP contribution in [0, 0.1) is 11.8 Å².